The van der Waals surface area contributed by atoms with Crippen molar-refractivity contribution in [2.24, 2.45) is 0 Å². The number of fused-ring (bicyclic) bond motifs is 1. The van der Waals surface area contributed by atoms with Gasteiger partial charge in [-0.25, -0.2) is 14.8 Å². The number of para-hydroxylation sites is 1. The highest BCUT2D eigenvalue weighted by molar-refractivity contribution is 5.97. The zero-order chi connectivity index (χ0) is 21.3. The van der Waals surface area contributed by atoms with Gasteiger partial charge in [0, 0.05) is 23.3 Å². The molecular formula is C22H23N3O5. The number of likely N-dealkylation sites (tertiary alicyclic amines) is 1. The van der Waals surface area contributed by atoms with Crippen LogP contribution in [0.5, 0.6) is 11.8 Å². The van der Waals surface area contributed by atoms with Crippen molar-refractivity contribution in [3.05, 3.63) is 57.7 Å². The van der Waals surface area contributed by atoms with E-state index in [0.717, 1.165) is 24.2 Å². The first-order valence-corrected chi connectivity index (χ1v) is 9.83. The summed E-state index contributed by atoms with van der Waals surface area (Å²) in [5.41, 5.74) is 1.29. The van der Waals surface area contributed by atoms with Crippen molar-refractivity contribution in [1.82, 2.24) is 14.9 Å². The van der Waals surface area contributed by atoms with E-state index in [1.807, 2.05) is 19.9 Å². The highest BCUT2D eigenvalue weighted by Gasteiger charge is 2.28. The van der Waals surface area contributed by atoms with Gasteiger partial charge in [0.1, 0.15) is 11.7 Å². The summed E-state index contributed by atoms with van der Waals surface area (Å²) >= 11 is 0. The number of hydrogen-bond acceptors (Lipinski definition) is 7. The number of amides is 1. The van der Waals surface area contributed by atoms with Gasteiger partial charge in [-0.15, -0.1) is 0 Å². The lowest BCUT2D eigenvalue weighted by Crippen LogP contribution is -2.45. The number of rotatable bonds is 4. The molecule has 8 nitrogen and oxygen atoms in total. The topological polar surface area (TPSA) is 94.8 Å². The number of piperidine rings is 1. The van der Waals surface area contributed by atoms with Gasteiger partial charge in [-0.05, 0) is 44.9 Å². The van der Waals surface area contributed by atoms with E-state index in [1.165, 1.54) is 7.11 Å². The van der Waals surface area contributed by atoms with Gasteiger partial charge in [-0.3, -0.25) is 4.79 Å². The van der Waals surface area contributed by atoms with Gasteiger partial charge in [0.15, 0.2) is 11.3 Å². The van der Waals surface area contributed by atoms with E-state index < -0.39 is 5.63 Å². The zero-order valence-electron chi connectivity index (χ0n) is 17.2. The van der Waals surface area contributed by atoms with Crippen molar-refractivity contribution < 1.29 is 18.7 Å². The third-order valence-electron chi connectivity index (χ3n) is 5.07. The molecule has 0 spiro atoms. The maximum absolute atomic E-state index is 13.1. The normalized spacial score (nSPS) is 16.5. The van der Waals surface area contributed by atoms with Crippen LogP contribution in [0.15, 0.2) is 39.5 Å². The lowest BCUT2D eigenvalue weighted by molar-refractivity contribution is 0.0511. The number of ether oxygens (including phenoxy) is 2. The van der Waals surface area contributed by atoms with Crippen LogP contribution in [0.3, 0.4) is 0 Å². The molecule has 1 amide bonds. The number of carbonyl (C=O) groups is 1. The fourth-order valence-corrected chi connectivity index (χ4v) is 3.71. The molecule has 3 aromatic rings. The van der Waals surface area contributed by atoms with Crippen LogP contribution < -0.4 is 15.1 Å². The van der Waals surface area contributed by atoms with Gasteiger partial charge >= 0.3 is 11.6 Å². The summed E-state index contributed by atoms with van der Waals surface area (Å²) < 4.78 is 16.6. The number of carbonyl (C=O) groups excluding carboxylic acids is 1. The summed E-state index contributed by atoms with van der Waals surface area (Å²) in [5.74, 6) is 0.0756. The Kier molecular flexibility index (Phi) is 5.39. The average molecular weight is 409 g/mol. The van der Waals surface area contributed by atoms with Crippen LogP contribution in [0.4, 0.5) is 0 Å². The van der Waals surface area contributed by atoms with E-state index in [4.69, 9.17) is 13.9 Å². The Bertz CT molecular complexity index is 1140. The minimum atomic E-state index is -0.683. The van der Waals surface area contributed by atoms with E-state index in [1.54, 1.807) is 29.2 Å². The summed E-state index contributed by atoms with van der Waals surface area (Å²) in [5, 5.41) is 0.630. The number of aryl methyl sites for hydroxylation is 2. The van der Waals surface area contributed by atoms with E-state index >= 15 is 0 Å². The molecule has 2 aromatic heterocycles. The third-order valence-corrected chi connectivity index (χ3v) is 5.07. The van der Waals surface area contributed by atoms with Gasteiger partial charge in [0.2, 0.25) is 0 Å². The van der Waals surface area contributed by atoms with Crippen molar-refractivity contribution in [3.8, 4) is 11.8 Å². The highest BCUT2D eigenvalue weighted by Crippen LogP contribution is 2.25. The summed E-state index contributed by atoms with van der Waals surface area (Å²) in [6.07, 6.45) is 1.30. The Hall–Kier alpha value is -3.42. The molecule has 0 bridgehead atoms. The molecule has 30 heavy (non-hydrogen) atoms. The Morgan fingerprint density at radius 2 is 1.97 bits per heavy atom. The van der Waals surface area contributed by atoms with Gasteiger partial charge < -0.3 is 18.8 Å². The van der Waals surface area contributed by atoms with Gasteiger partial charge in [-0.2, -0.15) is 0 Å². The third kappa shape index (κ3) is 3.98. The summed E-state index contributed by atoms with van der Waals surface area (Å²) in [6, 6.07) is 9.00. The van der Waals surface area contributed by atoms with Gasteiger partial charge in [0.05, 0.1) is 13.7 Å². The first-order chi connectivity index (χ1) is 14.4. The van der Waals surface area contributed by atoms with Crippen LogP contribution in [0.2, 0.25) is 0 Å². The molecule has 0 radical (unpaired) electrons. The van der Waals surface area contributed by atoms with E-state index in [0.29, 0.717) is 35.8 Å². The van der Waals surface area contributed by atoms with E-state index in [2.05, 4.69) is 9.97 Å². The molecule has 1 unspecified atom stereocenters. The molecule has 1 atom stereocenters. The molecule has 1 aliphatic heterocycles. The molecule has 0 N–H and O–H groups in total. The first kappa shape index (κ1) is 19.9. The maximum Gasteiger partial charge on any atom is 0.349 e. The van der Waals surface area contributed by atoms with Crippen molar-refractivity contribution >= 4 is 16.9 Å². The van der Waals surface area contributed by atoms with Crippen molar-refractivity contribution in [3.63, 3.8) is 0 Å². The van der Waals surface area contributed by atoms with Crippen LogP contribution in [0.1, 0.15) is 34.6 Å². The fourth-order valence-electron chi connectivity index (χ4n) is 3.71. The SMILES string of the molecule is COc1cccc2cc(C(=O)N3CCCC(Oc4nc(C)cc(C)n4)C3)c(=O)oc12. The molecule has 0 saturated carbocycles. The molecule has 4 rings (SSSR count). The Morgan fingerprint density at radius 1 is 1.20 bits per heavy atom. The van der Waals surface area contributed by atoms with Crippen LogP contribution in [-0.2, 0) is 0 Å². The monoisotopic (exact) mass is 409 g/mol. The van der Waals surface area contributed by atoms with Crippen molar-refractivity contribution in [2.75, 3.05) is 20.2 Å². The predicted octanol–water partition coefficient (Wildman–Crippen LogP) is 2.89. The molecule has 1 aliphatic rings. The Morgan fingerprint density at radius 3 is 2.70 bits per heavy atom. The lowest BCUT2D eigenvalue weighted by Gasteiger charge is -2.32. The minimum absolute atomic E-state index is 0.000877. The number of benzene rings is 1. The predicted molar refractivity (Wildman–Crippen MR) is 110 cm³/mol. The number of methoxy groups -OCH3 is 1. The quantitative estimate of drug-likeness (QED) is 0.612. The standard InChI is InChI=1S/C22H23N3O5/c1-13-10-14(2)24-22(23-13)29-16-7-5-9-25(12-16)20(26)17-11-15-6-4-8-18(28-3)19(15)30-21(17)27/h4,6,8,10-11,16H,5,7,9,12H2,1-3H3. The number of aromatic nitrogens is 2. The Balaban J connectivity index is 1.55. The van der Waals surface area contributed by atoms with Crippen LogP contribution in [0.25, 0.3) is 11.0 Å². The zero-order valence-corrected chi connectivity index (χ0v) is 17.2. The molecule has 1 saturated heterocycles. The van der Waals surface area contributed by atoms with E-state index in [-0.39, 0.29) is 17.6 Å². The Labute approximate surface area is 173 Å². The van der Waals surface area contributed by atoms with Crippen molar-refractivity contribution in [1.29, 1.82) is 0 Å². The average Bonchev–Trinajstić information content (AvgIpc) is 2.72. The second-order valence-corrected chi connectivity index (χ2v) is 7.39. The molecule has 0 aliphatic carbocycles. The molecule has 1 aromatic carbocycles. The van der Waals surface area contributed by atoms with Crippen LogP contribution in [-0.4, -0.2) is 47.1 Å². The van der Waals surface area contributed by atoms with Crippen LogP contribution >= 0.6 is 0 Å². The fraction of sp³-hybridized carbons (Fsp3) is 0.364. The van der Waals surface area contributed by atoms with Gasteiger partial charge in [-0.1, -0.05) is 12.1 Å². The smallest absolute Gasteiger partial charge is 0.349 e. The molecule has 156 valence electrons. The molecule has 8 heteroatoms. The number of nitrogens with zero attached hydrogens (tertiary/aromatic N) is 3. The maximum atomic E-state index is 13.1. The lowest BCUT2D eigenvalue weighted by atomic mass is 10.1. The number of hydrogen-bond donors (Lipinski definition) is 0. The minimum Gasteiger partial charge on any atom is -0.493 e. The highest BCUT2D eigenvalue weighted by atomic mass is 16.5. The summed E-state index contributed by atoms with van der Waals surface area (Å²) in [4.78, 5) is 35.8. The molecule has 3 heterocycles. The second kappa shape index (κ2) is 8.14. The molecule has 1 fully saturated rings. The van der Waals surface area contributed by atoms with E-state index in [9.17, 15) is 9.59 Å². The molecular weight excluding hydrogens is 386 g/mol. The van der Waals surface area contributed by atoms with Crippen LogP contribution in [0, 0.1) is 13.8 Å². The van der Waals surface area contributed by atoms with Crippen molar-refractivity contribution in [2.45, 2.75) is 32.8 Å². The second-order valence-electron chi connectivity index (χ2n) is 7.39. The summed E-state index contributed by atoms with van der Waals surface area (Å²) in [6.45, 7) is 4.66. The first-order valence-electron chi connectivity index (χ1n) is 9.83. The summed E-state index contributed by atoms with van der Waals surface area (Å²) in [7, 11) is 1.50. The van der Waals surface area contributed by atoms with Gasteiger partial charge in [0.25, 0.3) is 5.91 Å². The largest absolute Gasteiger partial charge is 0.493 e.